The highest BCUT2D eigenvalue weighted by atomic mass is 35.5. The van der Waals surface area contributed by atoms with Crippen LogP contribution in [0.2, 0.25) is 5.02 Å². The summed E-state index contributed by atoms with van der Waals surface area (Å²) in [4.78, 5) is 41.6. The molecule has 0 atom stereocenters. The SMILES string of the molecule is O=C(Nc1cccc(Cl)c1)Nc1cnc2ccc(C(=O)NCc3ccco3)cn2c1=O. The van der Waals surface area contributed by atoms with Crippen LogP contribution >= 0.6 is 11.6 Å². The molecule has 156 valence electrons. The lowest BCUT2D eigenvalue weighted by atomic mass is 10.2. The van der Waals surface area contributed by atoms with Crippen molar-refractivity contribution in [2.45, 2.75) is 6.54 Å². The van der Waals surface area contributed by atoms with Crippen LogP contribution in [0.15, 0.2) is 76.4 Å². The average molecular weight is 438 g/mol. The molecule has 0 aliphatic carbocycles. The predicted molar refractivity (Wildman–Crippen MR) is 115 cm³/mol. The van der Waals surface area contributed by atoms with Crippen LogP contribution in [0.3, 0.4) is 0 Å². The molecule has 10 heteroatoms. The van der Waals surface area contributed by atoms with Gasteiger partial charge in [-0.25, -0.2) is 9.78 Å². The third-order valence-electron chi connectivity index (χ3n) is 4.30. The van der Waals surface area contributed by atoms with Gasteiger partial charge < -0.3 is 20.4 Å². The summed E-state index contributed by atoms with van der Waals surface area (Å²) < 4.78 is 6.37. The van der Waals surface area contributed by atoms with E-state index in [2.05, 4.69) is 20.9 Å². The van der Waals surface area contributed by atoms with Crippen molar-refractivity contribution in [3.63, 3.8) is 0 Å². The lowest BCUT2D eigenvalue weighted by molar-refractivity contribution is 0.0947. The van der Waals surface area contributed by atoms with E-state index in [0.717, 1.165) is 0 Å². The zero-order chi connectivity index (χ0) is 21.8. The second-order valence-corrected chi connectivity index (χ2v) is 6.91. The van der Waals surface area contributed by atoms with E-state index in [0.29, 0.717) is 22.1 Å². The summed E-state index contributed by atoms with van der Waals surface area (Å²) in [6.45, 7) is 0.211. The number of nitrogens with one attached hydrogen (secondary N) is 3. The number of aromatic nitrogens is 2. The van der Waals surface area contributed by atoms with Crippen LogP contribution in [0.25, 0.3) is 5.65 Å². The van der Waals surface area contributed by atoms with E-state index in [4.69, 9.17) is 16.0 Å². The van der Waals surface area contributed by atoms with Gasteiger partial charge in [0.2, 0.25) is 0 Å². The summed E-state index contributed by atoms with van der Waals surface area (Å²) in [5.41, 5.74) is 0.461. The number of pyridine rings is 1. The Morgan fingerprint density at radius 1 is 1.10 bits per heavy atom. The minimum absolute atomic E-state index is 0.0508. The van der Waals surface area contributed by atoms with E-state index in [-0.39, 0.29) is 23.7 Å². The first kappa shape index (κ1) is 20.2. The van der Waals surface area contributed by atoms with E-state index < -0.39 is 11.6 Å². The van der Waals surface area contributed by atoms with Crippen LogP contribution in [-0.4, -0.2) is 21.3 Å². The van der Waals surface area contributed by atoms with Crippen molar-refractivity contribution >= 4 is 40.6 Å². The molecule has 0 radical (unpaired) electrons. The van der Waals surface area contributed by atoms with Gasteiger partial charge in [-0.05, 0) is 42.5 Å². The van der Waals surface area contributed by atoms with Crippen LogP contribution in [0.5, 0.6) is 0 Å². The standard InChI is InChI=1S/C21H16ClN5O4/c22-14-3-1-4-15(9-14)25-21(30)26-17-11-23-18-7-6-13(12-27(18)20(17)29)19(28)24-10-16-5-2-8-31-16/h1-9,11-12H,10H2,(H,24,28)(H2,25,26,30). The first-order chi connectivity index (χ1) is 15.0. The smallest absolute Gasteiger partial charge is 0.323 e. The number of benzene rings is 1. The van der Waals surface area contributed by atoms with Gasteiger partial charge in [0, 0.05) is 16.9 Å². The van der Waals surface area contributed by atoms with Crippen molar-refractivity contribution in [1.82, 2.24) is 14.7 Å². The van der Waals surface area contributed by atoms with Gasteiger partial charge >= 0.3 is 6.03 Å². The van der Waals surface area contributed by atoms with Crippen molar-refractivity contribution < 1.29 is 14.0 Å². The molecular weight excluding hydrogens is 422 g/mol. The quantitative estimate of drug-likeness (QED) is 0.441. The summed E-state index contributed by atoms with van der Waals surface area (Å²) in [7, 11) is 0. The molecule has 4 rings (SSSR count). The Hall–Kier alpha value is -4.11. The number of rotatable bonds is 5. The van der Waals surface area contributed by atoms with Gasteiger partial charge in [-0.15, -0.1) is 0 Å². The van der Waals surface area contributed by atoms with Crippen molar-refractivity contribution in [2.75, 3.05) is 10.6 Å². The molecule has 1 aromatic carbocycles. The number of furan rings is 1. The number of halogens is 1. The van der Waals surface area contributed by atoms with Gasteiger partial charge in [-0.1, -0.05) is 17.7 Å². The van der Waals surface area contributed by atoms with Crippen molar-refractivity contribution in [3.05, 3.63) is 93.9 Å². The second-order valence-electron chi connectivity index (χ2n) is 6.47. The van der Waals surface area contributed by atoms with Crippen molar-refractivity contribution in [2.24, 2.45) is 0 Å². The Kier molecular flexibility index (Phi) is 5.67. The fourth-order valence-electron chi connectivity index (χ4n) is 2.83. The molecule has 9 nitrogen and oxygen atoms in total. The number of urea groups is 1. The average Bonchev–Trinajstić information content (AvgIpc) is 3.27. The van der Waals surface area contributed by atoms with E-state index in [9.17, 15) is 14.4 Å². The van der Waals surface area contributed by atoms with Crippen LogP contribution in [0.1, 0.15) is 16.1 Å². The fraction of sp³-hybridized carbons (Fsp3) is 0.0476. The van der Waals surface area contributed by atoms with E-state index >= 15 is 0 Å². The normalized spacial score (nSPS) is 10.6. The zero-order valence-electron chi connectivity index (χ0n) is 16.0. The number of fused-ring (bicyclic) bond motifs is 1. The van der Waals surface area contributed by atoms with Gasteiger partial charge in [-0.3, -0.25) is 14.0 Å². The largest absolute Gasteiger partial charge is 0.467 e. The van der Waals surface area contributed by atoms with Gasteiger partial charge in [0.15, 0.2) is 0 Å². The topological polar surface area (TPSA) is 118 Å². The Labute approximate surface area is 180 Å². The Bertz CT molecular complexity index is 1320. The Morgan fingerprint density at radius 2 is 1.97 bits per heavy atom. The second kappa shape index (κ2) is 8.72. The van der Waals surface area contributed by atoms with Crippen molar-refractivity contribution in [3.8, 4) is 0 Å². The van der Waals surface area contributed by atoms with Gasteiger partial charge in [0.05, 0.1) is 24.6 Å². The molecule has 3 amide bonds. The number of amides is 3. The number of nitrogens with zero attached hydrogens (tertiary/aromatic N) is 2. The number of carbonyl (C=O) groups excluding carboxylic acids is 2. The molecule has 3 heterocycles. The third-order valence-corrected chi connectivity index (χ3v) is 4.53. The molecule has 0 aliphatic rings. The molecule has 0 unspecified atom stereocenters. The van der Waals surface area contributed by atoms with Gasteiger partial charge in [0.1, 0.15) is 17.1 Å². The molecule has 0 saturated heterocycles. The monoisotopic (exact) mass is 437 g/mol. The van der Waals surface area contributed by atoms with Crippen LogP contribution in [0.4, 0.5) is 16.2 Å². The molecule has 0 aliphatic heterocycles. The first-order valence-electron chi connectivity index (χ1n) is 9.15. The predicted octanol–water partition coefficient (Wildman–Crippen LogP) is 3.51. The van der Waals surface area contributed by atoms with Crippen molar-refractivity contribution in [1.29, 1.82) is 0 Å². The molecular formula is C21H16ClN5O4. The van der Waals surface area contributed by atoms with Crippen LogP contribution < -0.4 is 21.5 Å². The summed E-state index contributed by atoms with van der Waals surface area (Å²) >= 11 is 5.90. The van der Waals surface area contributed by atoms with E-state index in [1.165, 1.54) is 23.1 Å². The van der Waals surface area contributed by atoms with Crippen LogP contribution in [-0.2, 0) is 6.54 Å². The van der Waals surface area contributed by atoms with E-state index in [1.54, 1.807) is 48.5 Å². The minimum atomic E-state index is -0.631. The lowest BCUT2D eigenvalue weighted by Crippen LogP contribution is -2.27. The Balaban J connectivity index is 1.52. The molecule has 0 saturated carbocycles. The third kappa shape index (κ3) is 4.73. The molecule has 3 aromatic heterocycles. The maximum absolute atomic E-state index is 12.8. The Morgan fingerprint density at radius 3 is 2.74 bits per heavy atom. The van der Waals surface area contributed by atoms with Gasteiger partial charge in [0.25, 0.3) is 11.5 Å². The molecule has 0 fully saturated rings. The summed E-state index contributed by atoms with van der Waals surface area (Å²) in [6.07, 6.45) is 4.13. The highest BCUT2D eigenvalue weighted by Crippen LogP contribution is 2.15. The highest BCUT2D eigenvalue weighted by Gasteiger charge is 2.12. The number of carbonyl (C=O) groups is 2. The summed E-state index contributed by atoms with van der Waals surface area (Å²) in [6, 6.07) is 12.5. The molecule has 4 aromatic rings. The summed E-state index contributed by atoms with van der Waals surface area (Å²) in [5.74, 6) is 0.215. The molecule has 3 N–H and O–H groups in total. The fourth-order valence-corrected chi connectivity index (χ4v) is 3.02. The number of anilines is 2. The minimum Gasteiger partial charge on any atom is -0.467 e. The summed E-state index contributed by atoms with van der Waals surface area (Å²) in [5, 5.41) is 8.21. The highest BCUT2D eigenvalue weighted by molar-refractivity contribution is 6.30. The molecule has 0 spiro atoms. The number of hydrogen-bond donors (Lipinski definition) is 3. The number of hydrogen-bond acceptors (Lipinski definition) is 5. The molecule has 0 bridgehead atoms. The maximum Gasteiger partial charge on any atom is 0.323 e. The zero-order valence-corrected chi connectivity index (χ0v) is 16.7. The first-order valence-corrected chi connectivity index (χ1v) is 9.53. The van der Waals surface area contributed by atoms with E-state index in [1.807, 2.05) is 0 Å². The lowest BCUT2D eigenvalue weighted by Gasteiger charge is -2.09. The molecule has 31 heavy (non-hydrogen) atoms. The van der Waals surface area contributed by atoms with Crippen LogP contribution in [0, 0.1) is 0 Å². The maximum atomic E-state index is 12.8. The van der Waals surface area contributed by atoms with Gasteiger partial charge in [-0.2, -0.15) is 0 Å².